The van der Waals surface area contributed by atoms with E-state index in [0.29, 0.717) is 23.4 Å². The van der Waals surface area contributed by atoms with E-state index >= 15 is 0 Å². The average molecular weight is 327 g/mol. The van der Waals surface area contributed by atoms with Crippen LogP contribution in [0.3, 0.4) is 0 Å². The molecule has 2 aliphatic heterocycles. The molecule has 0 radical (unpaired) electrons. The Labute approximate surface area is 140 Å². The van der Waals surface area contributed by atoms with Crippen LogP contribution in [0.2, 0.25) is 0 Å². The van der Waals surface area contributed by atoms with Crippen LogP contribution in [0.5, 0.6) is 0 Å². The number of likely N-dealkylation sites (tertiary alicyclic amines) is 1. The molecule has 1 amide bonds. The van der Waals surface area contributed by atoms with E-state index < -0.39 is 0 Å². The first-order chi connectivity index (χ1) is 11.7. The second-order valence-corrected chi connectivity index (χ2v) is 6.55. The molecule has 126 valence electrons. The molecule has 0 bridgehead atoms. The molecule has 0 aliphatic carbocycles. The monoisotopic (exact) mass is 327 g/mol. The summed E-state index contributed by atoms with van der Waals surface area (Å²) in [6, 6.07) is 3.95. The molecule has 2 aliphatic rings. The minimum Gasteiger partial charge on any atom is -0.361 e. The molecular formula is C17H21N5O2. The van der Waals surface area contributed by atoms with Gasteiger partial charge < -0.3 is 14.3 Å². The number of hydrogen-bond acceptors (Lipinski definition) is 6. The second kappa shape index (κ2) is 6.22. The van der Waals surface area contributed by atoms with E-state index in [2.05, 4.69) is 20.0 Å². The van der Waals surface area contributed by atoms with Crippen LogP contribution < -0.4 is 4.90 Å². The molecule has 4 rings (SSSR count). The number of carbonyl (C=O) groups is 1. The van der Waals surface area contributed by atoms with Crippen LogP contribution in [0.15, 0.2) is 29.0 Å². The highest BCUT2D eigenvalue weighted by Gasteiger charge is 2.38. The quantitative estimate of drug-likeness (QED) is 0.838. The minimum absolute atomic E-state index is 0.0330. The maximum atomic E-state index is 12.6. The maximum absolute atomic E-state index is 12.6. The van der Waals surface area contributed by atoms with Crippen molar-refractivity contribution in [3.8, 4) is 0 Å². The number of rotatable bonds is 2. The molecule has 2 fully saturated rings. The summed E-state index contributed by atoms with van der Waals surface area (Å²) in [6.07, 6.45) is 6.65. The third-order valence-corrected chi connectivity index (χ3v) is 5.09. The van der Waals surface area contributed by atoms with Crippen LogP contribution in [0.25, 0.3) is 0 Å². The summed E-state index contributed by atoms with van der Waals surface area (Å²) < 4.78 is 5.03. The fourth-order valence-corrected chi connectivity index (χ4v) is 3.89. The van der Waals surface area contributed by atoms with Crippen LogP contribution in [0, 0.1) is 12.8 Å². The number of carbonyl (C=O) groups excluding carboxylic acids is 1. The van der Waals surface area contributed by atoms with Gasteiger partial charge in [-0.15, -0.1) is 0 Å². The Bertz CT molecular complexity index is 717. The Morgan fingerprint density at radius 1 is 1.17 bits per heavy atom. The standard InChI is InChI=1S/C17H21N5O2/c1-12-11-14(20-24-12)16(23)21-8-3-13-4-10-22(15(13)5-9-21)17-18-6-2-7-19-17/h2,6-7,11,13,15H,3-5,8-10H2,1H3/t13-,15-/m0/s1. The first-order valence-electron chi connectivity index (χ1n) is 8.48. The Kier molecular flexibility index (Phi) is 3.92. The zero-order valence-corrected chi connectivity index (χ0v) is 13.8. The number of fused-ring (bicyclic) bond motifs is 1. The first kappa shape index (κ1) is 15.1. The summed E-state index contributed by atoms with van der Waals surface area (Å²) in [6.45, 7) is 4.30. The predicted octanol–water partition coefficient (Wildman–Crippen LogP) is 1.90. The molecule has 7 nitrogen and oxygen atoms in total. The Morgan fingerprint density at radius 3 is 2.67 bits per heavy atom. The molecule has 0 unspecified atom stereocenters. The lowest BCUT2D eigenvalue weighted by atomic mass is 9.96. The average Bonchev–Trinajstić information content (AvgIpc) is 3.16. The molecule has 0 N–H and O–H groups in total. The summed E-state index contributed by atoms with van der Waals surface area (Å²) in [5, 5.41) is 3.86. The van der Waals surface area contributed by atoms with Crippen molar-refractivity contribution in [1.82, 2.24) is 20.0 Å². The first-order valence-corrected chi connectivity index (χ1v) is 8.48. The zero-order valence-electron chi connectivity index (χ0n) is 13.8. The van der Waals surface area contributed by atoms with Gasteiger partial charge in [0.15, 0.2) is 5.69 Å². The van der Waals surface area contributed by atoms with Crippen LogP contribution in [0.4, 0.5) is 5.95 Å². The molecule has 2 aromatic rings. The molecule has 24 heavy (non-hydrogen) atoms. The van der Waals surface area contributed by atoms with Crippen molar-refractivity contribution in [2.24, 2.45) is 5.92 Å². The Hall–Kier alpha value is -2.44. The van der Waals surface area contributed by atoms with Gasteiger partial charge in [-0.2, -0.15) is 0 Å². The number of aryl methyl sites for hydroxylation is 1. The number of amides is 1. The van der Waals surface area contributed by atoms with Crippen molar-refractivity contribution in [1.29, 1.82) is 0 Å². The summed E-state index contributed by atoms with van der Waals surface area (Å²) in [5.41, 5.74) is 0.405. The highest BCUT2D eigenvalue weighted by atomic mass is 16.5. The summed E-state index contributed by atoms with van der Waals surface area (Å²) in [5.74, 6) is 2.02. The fraction of sp³-hybridized carbons (Fsp3) is 0.529. The van der Waals surface area contributed by atoms with E-state index in [0.717, 1.165) is 44.8 Å². The molecule has 0 spiro atoms. The van der Waals surface area contributed by atoms with Gasteiger partial charge in [0.1, 0.15) is 5.76 Å². The minimum atomic E-state index is -0.0330. The van der Waals surface area contributed by atoms with Crippen molar-refractivity contribution >= 4 is 11.9 Å². The van der Waals surface area contributed by atoms with Gasteiger partial charge in [0, 0.05) is 44.1 Å². The van der Waals surface area contributed by atoms with Gasteiger partial charge in [0.05, 0.1) is 0 Å². The Morgan fingerprint density at radius 2 is 1.92 bits per heavy atom. The highest BCUT2D eigenvalue weighted by molar-refractivity contribution is 5.92. The van der Waals surface area contributed by atoms with E-state index in [-0.39, 0.29) is 5.91 Å². The normalized spacial score (nSPS) is 23.9. The van der Waals surface area contributed by atoms with Crippen LogP contribution in [-0.4, -0.2) is 51.6 Å². The molecule has 4 heterocycles. The van der Waals surface area contributed by atoms with E-state index in [1.165, 1.54) is 0 Å². The lowest BCUT2D eigenvalue weighted by Crippen LogP contribution is -2.36. The van der Waals surface area contributed by atoms with E-state index in [4.69, 9.17) is 4.52 Å². The molecule has 2 saturated heterocycles. The van der Waals surface area contributed by atoms with Crippen LogP contribution in [0.1, 0.15) is 35.5 Å². The zero-order chi connectivity index (χ0) is 16.5. The van der Waals surface area contributed by atoms with Gasteiger partial charge in [0.2, 0.25) is 5.95 Å². The third kappa shape index (κ3) is 2.74. The number of anilines is 1. The van der Waals surface area contributed by atoms with Crippen LogP contribution >= 0.6 is 0 Å². The van der Waals surface area contributed by atoms with Crippen molar-refractivity contribution in [3.05, 3.63) is 36.0 Å². The summed E-state index contributed by atoms with van der Waals surface area (Å²) in [7, 11) is 0. The van der Waals surface area contributed by atoms with E-state index in [9.17, 15) is 4.79 Å². The lowest BCUT2D eigenvalue weighted by molar-refractivity contribution is 0.0748. The smallest absolute Gasteiger partial charge is 0.276 e. The third-order valence-electron chi connectivity index (χ3n) is 5.09. The number of aromatic nitrogens is 3. The maximum Gasteiger partial charge on any atom is 0.276 e. The van der Waals surface area contributed by atoms with Gasteiger partial charge >= 0.3 is 0 Å². The topological polar surface area (TPSA) is 75.4 Å². The van der Waals surface area contributed by atoms with Gasteiger partial charge in [-0.05, 0) is 38.2 Å². The second-order valence-electron chi connectivity index (χ2n) is 6.55. The summed E-state index contributed by atoms with van der Waals surface area (Å²) >= 11 is 0. The molecule has 7 heteroatoms. The summed E-state index contributed by atoms with van der Waals surface area (Å²) in [4.78, 5) is 25.6. The molecule has 0 saturated carbocycles. The predicted molar refractivity (Wildman–Crippen MR) is 87.7 cm³/mol. The van der Waals surface area contributed by atoms with E-state index in [1.54, 1.807) is 25.4 Å². The van der Waals surface area contributed by atoms with Crippen molar-refractivity contribution in [2.45, 2.75) is 32.2 Å². The molecule has 2 aromatic heterocycles. The number of hydrogen-bond donors (Lipinski definition) is 0. The molecule has 2 atom stereocenters. The van der Waals surface area contributed by atoms with E-state index in [1.807, 2.05) is 11.0 Å². The van der Waals surface area contributed by atoms with Crippen LogP contribution in [-0.2, 0) is 0 Å². The van der Waals surface area contributed by atoms with Gasteiger partial charge in [-0.25, -0.2) is 9.97 Å². The number of nitrogens with zero attached hydrogens (tertiary/aromatic N) is 5. The van der Waals surface area contributed by atoms with Gasteiger partial charge in [-0.3, -0.25) is 4.79 Å². The van der Waals surface area contributed by atoms with Gasteiger partial charge in [-0.1, -0.05) is 5.16 Å². The SMILES string of the molecule is Cc1cc(C(=O)N2CC[C@H]3CCN(c4ncccn4)[C@H]3CC2)no1. The largest absolute Gasteiger partial charge is 0.361 e. The fourth-order valence-electron chi connectivity index (χ4n) is 3.89. The van der Waals surface area contributed by atoms with Crippen molar-refractivity contribution < 1.29 is 9.32 Å². The molecular weight excluding hydrogens is 306 g/mol. The Balaban J connectivity index is 1.48. The molecule has 0 aromatic carbocycles. The highest BCUT2D eigenvalue weighted by Crippen LogP contribution is 2.34. The lowest BCUT2D eigenvalue weighted by Gasteiger charge is -2.26. The van der Waals surface area contributed by atoms with Gasteiger partial charge in [0.25, 0.3) is 5.91 Å². The van der Waals surface area contributed by atoms with Crippen molar-refractivity contribution in [3.63, 3.8) is 0 Å². The van der Waals surface area contributed by atoms with Crippen molar-refractivity contribution in [2.75, 3.05) is 24.5 Å².